The van der Waals surface area contributed by atoms with Crippen molar-refractivity contribution in [2.75, 3.05) is 6.54 Å². The second-order valence-electron chi connectivity index (χ2n) is 4.02. The summed E-state index contributed by atoms with van der Waals surface area (Å²) < 4.78 is 82.6. The van der Waals surface area contributed by atoms with E-state index >= 15 is 0 Å². The molecule has 2 aromatic rings. The van der Waals surface area contributed by atoms with Crippen LogP contribution in [0, 0.1) is 0 Å². The summed E-state index contributed by atoms with van der Waals surface area (Å²) in [5, 5.41) is 2.87. The summed E-state index contributed by atoms with van der Waals surface area (Å²) in [4.78, 5) is 0. The van der Waals surface area contributed by atoms with Crippen molar-refractivity contribution in [3.05, 3.63) is 59.5 Å². The van der Waals surface area contributed by atoms with E-state index in [1.54, 1.807) is 0 Å². The van der Waals surface area contributed by atoms with Crippen LogP contribution in [-0.4, -0.2) is 6.54 Å². The van der Waals surface area contributed by atoms with Crippen molar-refractivity contribution in [1.82, 2.24) is 5.32 Å². The smallest absolute Gasteiger partial charge is 0.0629 e. The standard InChI is InChI=1S/C17H19N/c1-2-11-18-17-12-13-7-3-4-8-14(13)15-9-5-6-10-16(15)17/h3-10,17-18H,2,11-12H2,1H3/t17-/m1/s1/i3D,4D,5D,6D,7D,8D,9D,10D,12D,17D/t12?,17-. The van der Waals surface area contributed by atoms with Crippen LogP contribution in [0.5, 0.6) is 0 Å². The van der Waals surface area contributed by atoms with E-state index in [9.17, 15) is 0 Å². The van der Waals surface area contributed by atoms with Crippen LogP contribution in [0.25, 0.3) is 11.1 Å². The average molecular weight is 247 g/mol. The molecule has 2 atom stereocenters. The number of rotatable bonds is 3. The zero-order valence-corrected chi connectivity index (χ0v) is 9.99. The van der Waals surface area contributed by atoms with E-state index in [1.807, 2.05) is 6.92 Å². The first-order valence-corrected chi connectivity index (χ1v) is 5.89. The fraction of sp³-hybridized carbons (Fsp3) is 0.294. The summed E-state index contributed by atoms with van der Waals surface area (Å²) in [5.41, 5.74) is -0.573. The molecule has 0 aromatic heterocycles. The lowest BCUT2D eigenvalue weighted by atomic mass is 9.82. The molecule has 3 rings (SSSR count). The van der Waals surface area contributed by atoms with Gasteiger partial charge >= 0.3 is 0 Å². The minimum Gasteiger partial charge on any atom is -0.310 e. The zero-order chi connectivity index (χ0) is 21.1. The van der Waals surface area contributed by atoms with E-state index in [-0.39, 0.29) is 22.3 Å². The molecule has 1 N–H and O–H groups in total. The Morgan fingerprint density at radius 3 is 2.78 bits per heavy atom. The summed E-state index contributed by atoms with van der Waals surface area (Å²) in [6.07, 6.45) is -0.907. The lowest BCUT2D eigenvalue weighted by Gasteiger charge is -2.28. The Hall–Kier alpha value is -1.60. The van der Waals surface area contributed by atoms with Crippen LogP contribution in [0.4, 0.5) is 0 Å². The van der Waals surface area contributed by atoms with Gasteiger partial charge in [0.05, 0.1) is 12.3 Å². The summed E-state index contributed by atoms with van der Waals surface area (Å²) in [7, 11) is 0. The second-order valence-corrected chi connectivity index (χ2v) is 4.02. The fourth-order valence-electron chi connectivity index (χ4n) is 1.95. The number of hydrogen-bond acceptors (Lipinski definition) is 1. The van der Waals surface area contributed by atoms with Crippen molar-refractivity contribution in [3.63, 3.8) is 0 Å². The SMILES string of the molecule is [2H]c1c([2H])c([2H])c2c(c1[2H])-c1c([2H])c([2H])c([2H])c([2H])c1[C@]([2H])(NCCC)C2[2H]. The lowest BCUT2D eigenvalue weighted by molar-refractivity contribution is 0.526. The van der Waals surface area contributed by atoms with E-state index < -0.39 is 60.8 Å². The van der Waals surface area contributed by atoms with E-state index in [0.29, 0.717) is 13.0 Å². The first kappa shape index (κ1) is 4.82. The lowest BCUT2D eigenvalue weighted by Crippen LogP contribution is -2.26. The number of benzene rings is 2. The highest BCUT2D eigenvalue weighted by molar-refractivity contribution is 5.73. The molecule has 1 nitrogen and oxygen atoms in total. The van der Waals surface area contributed by atoms with Gasteiger partial charge in [-0.3, -0.25) is 0 Å². The number of hydrogen-bond donors (Lipinski definition) is 1. The summed E-state index contributed by atoms with van der Waals surface area (Å²) in [6.45, 7) is 2.14. The molecule has 0 spiro atoms. The molecule has 0 bridgehead atoms. The summed E-state index contributed by atoms with van der Waals surface area (Å²) >= 11 is 0. The number of nitrogens with one attached hydrogen (secondary N) is 1. The van der Waals surface area contributed by atoms with Crippen LogP contribution >= 0.6 is 0 Å². The molecule has 0 heterocycles. The molecule has 0 fully saturated rings. The Labute approximate surface area is 123 Å². The summed E-state index contributed by atoms with van der Waals surface area (Å²) in [6, 6.07) is -6.09. The highest BCUT2D eigenvalue weighted by Gasteiger charge is 2.22. The van der Waals surface area contributed by atoms with Gasteiger partial charge in [-0.1, -0.05) is 55.3 Å². The van der Waals surface area contributed by atoms with Gasteiger partial charge in [-0.25, -0.2) is 0 Å². The third-order valence-corrected chi connectivity index (χ3v) is 2.78. The third kappa shape index (κ3) is 1.95. The van der Waals surface area contributed by atoms with Gasteiger partial charge in [0, 0.05) is 7.39 Å². The molecule has 0 saturated carbocycles. The fourth-order valence-corrected chi connectivity index (χ4v) is 1.95. The number of fused-ring (bicyclic) bond motifs is 3. The molecular formula is C17H19N. The maximum absolute atomic E-state index is 8.94. The molecular weight excluding hydrogens is 218 g/mol. The Balaban J connectivity index is 2.57. The summed E-state index contributed by atoms with van der Waals surface area (Å²) in [5.74, 6) is 0. The Bertz CT molecular complexity index is 989. The van der Waals surface area contributed by atoms with Gasteiger partial charge in [0.1, 0.15) is 0 Å². The van der Waals surface area contributed by atoms with Gasteiger partial charge in [0.25, 0.3) is 0 Å². The van der Waals surface area contributed by atoms with Crippen LogP contribution < -0.4 is 5.32 Å². The van der Waals surface area contributed by atoms with Crippen molar-refractivity contribution in [3.8, 4) is 11.1 Å². The predicted octanol–water partition coefficient (Wildman–Crippen LogP) is 3.95. The Kier molecular flexibility index (Phi) is 1.33. The average Bonchev–Trinajstić information content (AvgIpc) is 2.67. The van der Waals surface area contributed by atoms with Gasteiger partial charge in [0.2, 0.25) is 0 Å². The molecule has 0 aliphatic heterocycles. The van der Waals surface area contributed by atoms with Crippen molar-refractivity contribution >= 4 is 0 Å². The maximum atomic E-state index is 8.94. The molecule has 0 saturated heterocycles. The molecule has 1 aliphatic rings. The van der Waals surface area contributed by atoms with Gasteiger partial charge in [-0.05, 0) is 41.6 Å². The highest BCUT2D eigenvalue weighted by Crippen LogP contribution is 2.38. The van der Waals surface area contributed by atoms with Gasteiger partial charge in [0.15, 0.2) is 0 Å². The molecule has 18 heavy (non-hydrogen) atoms. The second kappa shape index (κ2) is 4.95. The normalized spacial score (nSPS) is 33.1. The topological polar surface area (TPSA) is 12.0 Å². The maximum Gasteiger partial charge on any atom is 0.0629 e. The van der Waals surface area contributed by atoms with E-state index in [1.165, 1.54) is 0 Å². The van der Waals surface area contributed by atoms with E-state index in [0.717, 1.165) is 0 Å². The van der Waals surface area contributed by atoms with Gasteiger partial charge in [-0.15, -0.1) is 0 Å². The van der Waals surface area contributed by atoms with Crippen molar-refractivity contribution in [1.29, 1.82) is 0 Å². The van der Waals surface area contributed by atoms with Crippen molar-refractivity contribution in [2.45, 2.75) is 25.8 Å². The van der Waals surface area contributed by atoms with Crippen molar-refractivity contribution in [2.24, 2.45) is 0 Å². The highest BCUT2D eigenvalue weighted by atomic mass is 14.9. The van der Waals surface area contributed by atoms with E-state index in [2.05, 4.69) is 5.32 Å². The quantitative estimate of drug-likeness (QED) is 0.866. The van der Waals surface area contributed by atoms with Crippen molar-refractivity contribution < 1.29 is 13.7 Å². The van der Waals surface area contributed by atoms with Gasteiger partial charge < -0.3 is 5.32 Å². The zero-order valence-electron chi connectivity index (χ0n) is 20.0. The Morgan fingerprint density at radius 1 is 1.22 bits per heavy atom. The minimum atomic E-state index is -1.99. The molecule has 1 aliphatic carbocycles. The largest absolute Gasteiger partial charge is 0.310 e. The first-order valence-electron chi connectivity index (χ1n) is 11.0. The third-order valence-electron chi connectivity index (χ3n) is 2.78. The van der Waals surface area contributed by atoms with Gasteiger partial charge in [-0.2, -0.15) is 0 Å². The molecule has 1 heteroatoms. The Morgan fingerprint density at radius 2 is 1.94 bits per heavy atom. The first-order chi connectivity index (χ1) is 13.0. The van der Waals surface area contributed by atoms with Crippen LogP contribution in [0.1, 0.15) is 44.2 Å². The van der Waals surface area contributed by atoms with Crippen LogP contribution in [0.15, 0.2) is 48.3 Å². The molecule has 1 unspecified atom stereocenters. The molecule has 0 radical (unpaired) electrons. The van der Waals surface area contributed by atoms with Crippen LogP contribution in [-0.2, 0) is 6.40 Å². The van der Waals surface area contributed by atoms with Crippen LogP contribution in [0.2, 0.25) is 0 Å². The minimum absolute atomic E-state index is 0.130. The molecule has 0 amide bonds. The molecule has 2 aromatic carbocycles. The van der Waals surface area contributed by atoms with Crippen LogP contribution in [0.3, 0.4) is 0 Å². The predicted molar refractivity (Wildman–Crippen MR) is 76.6 cm³/mol. The monoisotopic (exact) mass is 247 g/mol. The van der Waals surface area contributed by atoms with E-state index in [4.69, 9.17) is 13.7 Å². The molecule has 92 valence electrons.